The average Bonchev–Trinajstić information content (AvgIpc) is 2.63. The van der Waals surface area contributed by atoms with Gasteiger partial charge >= 0.3 is 0 Å². The SMILES string of the molecule is CC(=O)c1cccc(N[C@H]2[C@H](N)[C@@H](O)C(=O)[C@H]2CO)c1. The molecule has 0 amide bonds. The number of benzene rings is 1. The van der Waals surface area contributed by atoms with Crippen molar-refractivity contribution in [1.29, 1.82) is 0 Å². The van der Waals surface area contributed by atoms with Gasteiger partial charge in [0.15, 0.2) is 11.6 Å². The Kier molecular flexibility index (Phi) is 4.17. The Balaban J connectivity index is 2.22. The molecule has 20 heavy (non-hydrogen) atoms. The minimum Gasteiger partial charge on any atom is -0.396 e. The molecule has 0 spiro atoms. The van der Waals surface area contributed by atoms with Crippen molar-refractivity contribution in [1.82, 2.24) is 0 Å². The standard InChI is InChI=1S/C14H18N2O4/c1-7(18)8-3-2-4-9(5-8)16-12-10(6-17)13(19)14(20)11(12)15/h2-5,10-12,14,16-17,20H,6,15H2,1H3/t10-,11-,12+,14+/m0/s1. The van der Waals surface area contributed by atoms with Crippen LogP contribution in [0.5, 0.6) is 0 Å². The molecular formula is C14H18N2O4. The fourth-order valence-corrected chi connectivity index (χ4v) is 2.47. The van der Waals surface area contributed by atoms with E-state index in [9.17, 15) is 19.8 Å². The molecule has 0 bridgehead atoms. The molecule has 0 heterocycles. The lowest BCUT2D eigenvalue weighted by Crippen LogP contribution is -2.44. The summed E-state index contributed by atoms with van der Waals surface area (Å²) in [4.78, 5) is 23.1. The van der Waals surface area contributed by atoms with Gasteiger partial charge in [-0.05, 0) is 19.1 Å². The van der Waals surface area contributed by atoms with Crippen molar-refractivity contribution in [2.24, 2.45) is 11.7 Å². The molecule has 0 unspecified atom stereocenters. The molecule has 5 N–H and O–H groups in total. The second-order valence-electron chi connectivity index (χ2n) is 5.02. The van der Waals surface area contributed by atoms with E-state index in [1.165, 1.54) is 6.92 Å². The second-order valence-corrected chi connectivity index (χ2v) is 5.02. The molecule has 0 radical (unpaired) electrons. The van der Waals surface area contributed by atoms with E-state index in [-0.39, 0.29) is 12.4 Å². The van der Waals surface area contributed by atoms with Crippen molar-refractivity contribution in [3.63, 3.8) is 0 Å². The van der Waals surface area contributed by atoms with Gasteiger partial charge in [0.2, 0.25) is 0 Å². The van der Waals surface area contributed by atoms with E-state index in [0.717, 1.165) is 0 Å². The van der Waals surface area contributed by atoms with Crippen molar-refractivity contribution in [3.8, 4) is 0 Å². The number of hydrogen-bond acceptors (Lipinski definition) is 6. The third-order valence-electron chi connectivity index (χ3n) is 3.67. The fourth-order valence-electron chi connectivity index (χ4n) is 2.47. The first-order valence-electron chi connectivity index (χ1n) is 6.41. The number of nitrogens with one attached hydrogen (secondary N) is 1. The highest BCUT2D eigenvalue weighted by molar-refractivity contribution is 5.95. The first-order chi connectivity index (χ1) is 9.45. The van der Waals surface area contributed by atoms with Gasteiger partial charge in [-0.2, -0.15) is 0 Å². The zero-order valence-electron chi connectivity index (χ0n) is 11.1. The van der Waals surface area contributed by atoms with Crippen molar-refractivity contribution in [2.45, 2.75) is 25.1 Å². The molecule has 0 aliphatic heterocycles. The number of Topliss-reactive ketones (excluding diaryl/α,β-unsaturated/α-hetero) is 2. The van der Waals surface area contributed by atoms with Gasteiger partial charge in [0.05, 0.1) is 24.6 Å². The maximum absolute atomic E-state index is 11.7. The summed E-state index contributed by atoms with van der Waals surface area (Å²) in [6, 6.07) is 5.43. The third-order valence-corrected chi connectivity index (χ3v) is 3.67. The van der Waals surface area contributed by atoms with Gasteiger partial charge in [0.25, 0.3) is 0 Å². The van der Waals surface area contributed by atoms with E-state index in [1.807, 2.05) is 0 Å². The Morgan fingerprint density at radius 3 is 2.75 bits per heavy atom. The van der Waals surface area contributed by atoms with Gasteiger partial charge in [-0.1, -0.05) is 12.1 Å². The molecule has 1 aromatic rings. The molecule has 108 valence electrons. The fraction of sp³-hybridized carbons (Fsp3) is 0.429. The van der Waals surface area contributed by atoms with Crippen LogP contribution < -0.4 is 11.1 Å². The highest BCUT2D eigenvalue weighted by Gasteiger charge is 2.47. The maximum Gasteiger partial charge on any atom is 0.170 e. The van der Waals surface area contributed by atoms with Crippen LogP contribution in [0.2, 0.25) is 0 Å². The predicted molar refractivity (Wildman–Crippen MR) is 73.4 cm³/mol. The molecule has 1 aliphatic rings. The Morgan fingerprint density at radius 1 is 1.45 bits per heavy atom. The van der Waals surface area contributed by atoms with Gasteiger partial charge in [-0.25, -0.2) is 0 Å². The van der Waals surface area contributed by atoms with Crippen LogP contribution in [-0.4, -0.2) is 46.6 Å². The van der Waals surface area contributed by atoms with Gasteiger partial charge in [-0.3, -0.25) is 9.59 Å². The van der Waals surface area contributed by atoms with Gasteiger partial charge in [0.1, 0.15) is 6.10 Å². The largest absolute Gasteiger partial charge is 0.396 e. The van der Waals surface area contributed by atoms with Crippen molar-refractivity contribution in [3.05, 3.63) is 29.8 Å². The monoisotopic (exact) mass is 278 g/mol. The summed E-state index contributed by atoms with van der Waals surface area (Å²) < 4.78 is 0. The van der Waals surface area contributed by atoms with E-state index in [4.69, 9.17) is 5.73 Å². The lowest BCUT2D eigenvalue weighted by molar-refractivity contribution is -0.128. The Bertz CT molecular complexity index is 532. The lowest BCUT2D eigenvalue weighted by atomic mass is 10.0. The molecule has 6 heteroatoms. The molecule has 1 aromatic carbocycles. The number of anilines is 1. The Morgan fingerprint density at radius 2 is 2.15 bits per heavy atom. The summed E-state index contributed by atoms with van der Waals surface area (Å²) in [6.45, 7) is 1.08. The van der Waals surface area contributed by atoms with Crippen LogP contribution in [0.15, 0.2) is 24.3 Å². The Labute approximate surface area is 116 Å². The van der Waals surface area contributed by atoms with Crippen LogP contribution in [0.3, 0.4) is 0 Å². The third kappa shape index (κ3) is 2.58. The molecule has 0 saturated heterocycles. The predicted octanol–water partition coefficient (Wildman–Crippen LogP) is -0.451. The minimum atomic E-state index is -1.28. The number of hydrogen-bond donors (Lipinski definition) is 4. The summed E-state index contributed by atoms with van der Waals surface area (Å²) >= 11 is 0. The number of ketones is 2. The van der Waals surface area contributed by atoms with Gasteiger partial charge in [0, 0.05) is 11.3 Å². The number of aliphatic hydroxyl groups excluding tert-OH is 2. The van der Waals surface area contributed by atoms with Crippen LogP contribution in [0, 0.1) is 5.92 Å². The molecule has 2 rings (SSSR count). The Hall–Kier alpha value is -1.76. The average molecular weight is 278 g/mol. The zero-order valence-corrected chi connectivity index (χ0v) is 11.1. The van der Waals surface area contributed by atoms with Crippen LogP contribution in [0.25, 0.3) is 0 Å². The van der Waals surface area contributed by atoms with Crippen LogP contribution in [0.1, 0.15) is 17.3 Å². The lowest BCUT2D eigenvalue weighted by Gasteiger charge is -2.23. The first kappa shape index (κ1) is 14.6. The zero-order chi connectivity index (χ0) is 14.9. The van der Waals surface area contributed by atoms with E-state index >= 15 is 0 Å². The van der Waals surface area contributed by atoms with Crippen LogP contribution in [-0.2, 0) is 4.79 Å². The highest BCUT2D eigenvalue weighted by atomic mass is 16.3. The molecular weight excluding hydrogens is 260 g/mol. The smallest absolute Gasteiger partial charge is 0.170 e. The van der Waals surface area contributed by atoms with Gasteiger partial charge in [-0.15, -0.1) is 0 Å². The summed E-state index contributed by atoms with van der Waals surface area (Å²) in [5, 5.41) is 22.0. The van der Waals surface area contributed by atoms with Crippen molar-refractivity contribution in [2.75, 3.05) is 11.9 Å². The van der Waals surface area contributed by atoms with Crippen molar-refractivity contribution >= 4 is 17.3 Å². The molecule has 0 aromatic heterocycles. The normalized spacial score (nSPS) is 29.5. The summed E-state index contributed by atoms with van der Waals surface area (Å²) in [5.41, 5.74) is 6.97. The second kappa shape index (κ2) is 5.70. The topological polar surface area (TPSA) is 113 Å². The summed E-state index contributed by atoms with van der Waals surface area (Å²) in [6.07, 6.45) is -1.28. The van der Waals surface area contributed by atoms with E-state index in [1.54, 1.807) is 24.3 Å². The van der Waals surface area contributed by atoms with Gasteiger partial charge < -0.3 is 21.3 Å². The van der Waals surface area contributed by atoms with E-state index in [2.05, 4.69) is 5.32 Å². The summed E-state index contributed by atoms with van der Waals surface area (Å²) in [5.74, 6) is -1.28. The number of nitrogens with two attached hydrogens (primary N) is 1. The van der Waals surface area contributed by atoms with Crippen molar-refractivity contribution < 1.29 is 19.8 Å². The first-order valence-corrected chi connectivity index (χ1v) is 6.41. The van der Waals surface area contributed by atoms with Crippen LogP contribution in [0.4, 0.5) is 5.69 Å². The molecule has 4 atom stereocenters. The van der Waals surface area contributed by atoms with E-state index < -0.39 is 29.9 Å². The number of aliphatic hydroxyl groups is 2. The number of carbonyl (C=O) groups is 2. The number of rotatable bonds is 4. The highest BCUT2D eigenvalue weighted by Crippen LogP contribution is 2.25. The molecule has 6 nitrogen and oxygen atoms in total. The van der Waals surface area contributed by atoms with Crippen LogP contribution >= 0.6 is 0 Å². The van der Waals surface area contributed by atoms with E-state index in [0.29, 0.717) is 11.3 Å². The molecule has 1 aliphatic carbocycles. The maximum atomic E-state index is 11.7. The summed E-state index contributed by atoms with van der Waals surface area (Å²) in [7, 11) is 0. The quantitative estimate of drug-likeness (QED) is 0.555. The minimum absolute atomic E-state index is 0.0702. The number of carbonyl (C=O) groups excluding carboxylic acids is 2. The molecule has 1 fully saturated rings. The molecule has 1 saturated carbocycles.